The van der Waals surface area contributed by atoms with Gasteiger partial charge in [-0.05, 0) is 24.7 Å². The van der Waals surface area contributed by atoms with E-state index in [-0.39, 0.29) is 5.91 Å². The summed E-state index contributed by atoms with van der Waals surface area (Å²) in [6, 6.07) is 7.82. The number of ether oxygens (including phenoxy) is 1. The summed E-state index contributed by atoms with van der Waals surface area (Å²) in [6.45, 7) is 2.04. The average Bonchev–Trinajstić information content (AvgIpc) is 2.36. The molecule has 3 N–H and O–H groups in total. The van der Waals surface area contributed by atoms with Gasteiger partial charge in [0.2, 0.25) is 5.91 Å². The smallest absolute Gasteiger partial charge is 0.234 e. The fourth-order valence-electron chi connectivity index (χ4n) is 1.65. The first-order chi connectivity index (χ1) is 8.65. The molecule has 0 atom stereocenters. The fourth-order valence-corrected chi connectivity index (χ4v) is 1.65. The lowest BCUT2D eigenvalue weighted by Gasteiger charge is -2.16. The summed E-state index contributed by atoms with van der Waals surface area (Å²) in [5.74, 6) is 0.819. The second kappa shape index (κ2) is 7.68. The number of methoxy groups -OCH3 is 1. The van der Waals surface area contributed by atoms with E-state index in [1.807, 2.05) is 36.2 Å². The van der Waals surface area contributed by atoms with Crippen LogP contribution in [0.5, 0.6) is 5.75 Å². The van der Waals surface area contributed by atoms with E-state index in [0.717, 1.165) is 11.3 Å². The molecular weight excluding hydrogens is 230 g/mol. The highest BCUT2D eigenvalue weighted by atomic mass is 16.5. The number of benzene rings is 1. The van der Waals surface area contributed by atoms with Crippen molar-refractivity contribution in [2.75, 3.05) is 33.8 Å². The molecule has 0 fully saturated rings. The molecule has 0 radical (unpaired) electrons. The molecule has 0 aliphatic carbocycles. The Labute approximate surface area is 108 Å². The second-order valence-corrected chi connectivity index (χ2v) is 4.16. The molecule has 5 heteroatoms. The molecule has 0 heterocycles. The van der Waals surface area contributed by atoms with Gasteiger partial charge in [-0.25, -0.2) is 0 Å². The van der Waals surface area contributed by atoms with Crippen LogP contribution in [-0.4, -0.2) is 44.6 Å². The number of carbonyl (C=O) groups is 1. The number of likely N-dealkylation sites (N-methyl/N-ethyl adjacent to an activating group) is 1. The Morgan fingerprint density at radius 1 is 1.50 bits per heavy atom. The second-order valence-electron chi connectivity index (χ2n) is 4.16. The monoisotopic (exact) mass is 251 g/mol. The molecule has 1 aromatic carbocycles. The average molecular weight is 251 g/mol. The topological polar surface area (TPSA) is 67.6 Å². The summed E-state index contributed by atoms with van der Waals surface area (Å²) in [4.78, 5) is 13.4. The normalized spacial score (nSPS) is 10.4. The molecule has 0 saturated heterocycles. The van der Waals surface area contributed by atoms with Crippen LogP contribution < -0.4 is 15.8 Å². The summed E-state index contributed by atoms with van der Waals surface area (Å²) in [6.07, 6.45) is 0. The van der Waals surface area contributed by atoms with Crippen LogP contribution in [0.15, 0.2) is 24.3 Å². The van der Waals surface area contributed by atoms with Crippen LogP contribution >= 0.6 is 0 Å². The number of amides is 1. The summed E-state index contributed by atoms with van der Waals surface area (Å²) in [5.41, 5.74) is 6.44. The highest BCUT2D eigenvalue weighted by molar-refractivity contribution is 5.77. The molecule has 5 nitrogen and oxygen atoms in total. The molecule has 0 aromatic heterocycles. The Hall–Kier alpha value is -1.59. The number of hydrogen-bond donors (Lipinski definition) is 2. The first kappa shape index (κ1) is 14.5. The number of nitrogens with two attached hydrogens (primary N) is 1. The summed E-state index contributed by atoms with van der Waals surface area (Å²) in [5, 5.41) is 2.74. The molecule has 0 bridgehead atoms. The van der Waals surface area contributed by atoms with Crippen molar-refractivity contribution < 1.29 is 9.53 Å². The number of hydrogen-bond acceptors (Lipinski definition) is 4. The van der Waals surface area contributed by atoms with E-state index < -0.39 is 0 Å². The molecule has 0 saturated carbocycles. The zero-order valence-electron chi connectivity index (χ0n) is 11.0. The Morgan fingerprint density at radius 2 is 2.28 bits per heavy atom. The lowest BCUT2D eigenvalue weighted by molar-refractivity contribution is -0.122. The largest absolute Gasteiger partial charge is 0.497 e. The van der Waals surface area contributed by atoms with Crippen molar-refractivity contribution >= 4 is 5.91 Å². The molecule has 1 rings (SSSR count). The number of nitrogens with zero attached hydrogens (tertiary/aromatic N) is 1. The van der Waals surface area contributed by atoms with E-state index in [1.54, 1.807) is 7.11 Å². The molecule has 100 valence electrons. The Kier molecular flexibility index (Phi) is 6.18. The van der Waals surface area contributed by atoms with Crippen molar-refractivity contribution in [3.8, 4) is 5.75 Å². The predicted octanol–water partition coefficient (Wildman–Crippen LogP) is 0.202. The first-order valence-electron chi connectivity index (χ1n) is 5.94. The van der Waals surface area contributed by atoms with Crippen LogP contribution in [0, 0.1) is 0 Å². The van der Waals surface area contributed by atoms with Gasteiger partial charge in [0.05, 0.1) is 13.7 Å². The molecular formula is C13H21N3O2. The van der Waals surface area contributed by atoms with E-state index in [1.165, 1.54) is 0 Å². The quantitative estimate of drug-likeness (QED) is 0.726. The van der Waals surface area contributed by atoms with Gasteiger partial charge in [0, 0.05) is 19.6 Å². The highest BCUT2D eigenvalue weighted by Gasteiger charge is 2.06. The van der Waals surface area contributed by atoms with Crippen molar-refractivity contribution in [1.82, 2.24) is 10.2 Å². The van der Waals surface area contributed by atoms with E-state index in [2.05, 4.69) is 5.32 Å². The van der Waals surface area contributed by atoms with Gasteiger partial charge in [0.15, 0.2) is 0 Å². The first-order valence-corrected chi connectivity index (χ1v) is 5.94. The third-order valence-corrected chi connectivity index (χ3v) is 2.47. The minimum atomic E-state index is -0.00848. The number of nitrogens with one attached hydrogen (secondary N) is 1. The standard InChI is InChI=1S/C13H21N3O2/c1-16(10-13(17)15-7-6-14)9-11-4-3-5-12(8-11)18-2/h3-5,8H,6-7,9-10,14H2,1-2H3,(H,15,17). The van der Waals surface area contributed by atoms with Gasteiger partial charge in [-0.1, -0.05) is 12.1 Å². The lowest BCUT2D eigenvalue weighted by atomic mass is 10.2. The summed E-state index contributed by atoms with van der Waals surface area (Å²) in [7, 11) is 3.55. The maximum absolute atomic E-state index is 11.5. The van der Waals surface area contributed by atoms with Crippen molar-refractivity contribution in [3.05, 3.63) is 29.8 Å². The zero-order valence-corrected chi connectivity index (χ0v) is 11.0. The third-order valence-electron chi connectivity index (χ3n) is 2.47. The summed E-state index contributed by atoms with van der Waals surface area (Å²) >= 11 is 0. The molecule has 18 heavy (non-hydrogen) atoms. The Bertz CT molecular complexity index is 382. The van der Waals surface area contributed by atoms with Gasteiger partial charge >= 0.3 is 0 Å². The van der Waals surface area contributed by atoms with Crippen molar-refractivity contribution in [2.45, 2.75) is 6.54 Å². The van der Waals surface area contributed by atoms with Crippen molar-refractivity contribution in [2.24, 2.45) is 5.73 Å². The van der Waals surface area contributed by atoms with E-state index >= 15 is 0 Å². The SMILES string of the molecule is COc1cccc(CN(C)CC(=O)NCCN)c1. The van der Waals surface area contributed by atoms with Crippen molar-refractivity contribution in [3.63, 3.8) is 0 Å². The Balaban J connectivity index is 2.43. The fraction of sp³-hybridized carbons (Fsp3) is 0.462. The van der Waals surface area contributed by atoms with E-state index in [0.29, 0.717) is 26.2 Å². The van der Waals surface area contributed by atoms with Gasteiger partial charge in [0.25, 0.3) is 0 Å². The van der Waals surface area contributed by atoms with Gasteiger partial charge in [0.1, 0.15) is 5.75 Å². The van der Waals surface area contributed by atoms with Crippen LogP contribution in [-0.2, 0) is 11.3 Å². The zero-order chi connectivity index (χ0) is 13.4. The molecule has 1 aromatic rings. The highest BCUT2D eigenvalue weighted by Crippen LogP contribution is 2.13. The molecule has 0 unspecified atom stereocenters. The molecule has 0 aliphatic heterocycles. The van der Waals surface area contributed by atoms with Crippen LogP contribution in [0.25, 0.3) is 0 Å². The maximum atomic E-state index is 11.5. The number of rotatable bonds is 7. The lowest BCUT2D eigenvalue weighted by Crippen LogP contribution is -2.37. The molecule has 1 amide bonds. The minimum Gasteiger partial charge on any atom is -0.497 e. The van der Waals surface area contributed by atoms with Gasteiger partial charge in [-0.2, -0.15) is 0 Å². The third kappa shape index (κ3) is 5.16. The van der Waals surface area contributed by atoms with Crippen LogP contribution in [0.3, 0.4) is 0 Å². The van der Waals surface area contributed by atoms with Crippen LogP contribution in [0.4, 0.5) is 0 Å². The Morgan fingerprint density at radius 3 is 2.94 bits per heavy atom. The molecule has 0 spiro atoms. The van der Waals surface area contributed by atoms with Crippen LogP contribution in [0.2, 0.25) is 0 Å². The van der Waals surface area contributed by atoms with Gasteiger partial charge < -0.3 is 15.8 Å². The predicted molar refractivity (Wildman–Crippen MR) is 71.4 cm³/mol. The van der Waals surface area contributed by atoms with Crippen molar-refractivity contribution in [1.29, 1.82) is 0 Å². The summed E-state index contributed by atoms with van der Waals surface area (Å²) < 4.78 is 5.16. The number of carbonyl (C=O) groups excluding carboxylic acids is 1. The molecule has 0 aliphatic rings. The minimum absolute atomic E-state index is 0.00848. The van der Waals surface area contributed by atoms with E-state index in [4.69, 9.17) is 10.5 Å². The van der Waals surface area contributed by atoms with E-state index in [9.17, 15) is 4.79 Å². The van der Waals surface area contributed by atoms with Gasteiger partial charge in [-0.3, -0.25) is 9.69 Å². The maximum Gasteiger partial charge on any atom is 0.234 e. The van der Waals surface area contributed by atoms with Crippen LogP contribution in [0.1, 0.15) is 5.56 Å². The van der Waals surface area contributed by atoms with Gasteiger partial charge in [-0.15, -0.1) is 0 Å².